The van der Waals surface area contributed by atoms with Crippen molar-refractivity contribution in [3.63, 3.8) is 0 Å². The summed E-state index contributed by atoms with van der Waals surface area (Å²) in [4.78, 5) is 22.8. The Kier molecular flexibility index (Phi) is 8.05. The first-order chi connectivity index (χ1) is 13.0. The molecule has 0 fully saturated rings. The van der Waals surface area contributed by atoms with Gasteiger partial charge in [-0.15, -0.1) is 0 Å². The Morgan fingerprint density at radius 1 is 0.963 bits per heavy atom. The summed E-state index contributed by atoms with van der Waals surface area (Å²) in [5.41, 5.74) is 3.52. The van der Waals surface area contributed by atoms with E-state index >= 15 is 0 Å². The standard InChI is InChI=1S/C23H29NO3/c1-3-17(2)15-21(24-22(25)13-14-23(26)27)16-18-9-11-20(12-10-18)19-7-5-4-6-8-19/h4-12,17,21H,3,13-16H2,1-2H3,(H,24,25)(H,26,27)/t17-,21-/m0/s1. The van der Waals surface area contributed by atoms with Crippen LogP contribution in [-0.4, -0.2) is 23.0 Å². The number of carboxylic acids is 1. The number of amides is 1. The fourth-order valence-corrected chi connectivity index (χ4v) is 3.11. The van der Waals surface area contributed by atoms with E-state index < -0.39 is 5.97 Å². The summed E-state index contributed by atoms with van der Waals surface area (Å²) in [6.07, 6.45) is 2.58. The molecule has 2 aromatic rings. The number of hydrogen-bond acceptors (Lipinski definition) is 2. The van der Waals surface area contributed by atoms with Crippen LogP contribution in [0.2, 0.25) is 0 Å². The quantitative estimate of drug-likeness (QED) is 0.641. The third-order valence-corrected chi connectivity index (χ3v) is 4.86. The van der Waals surface area contributed by atoms with Crippen molar-refractivity contribution in [2.45, 2.75) is 52.0 Å². The van der Waals surface area contributed by atoms with E-state index in [0.717, 1.165) is 19.3 Å². The van der Waals surface area contributed by atoms with Crippen LogP contribution in [0, 0.1) is 5.92 Å². The molecule has 0 aromatic heterocycles. The number of carboxylic acid groups (broad SMARTS) is 1. The van der Waals surface area contributed by atoms with E-state index in [4.69, 9.17) is 5.11 Å². The van der Waals surface area contributed by atoms with Crippen molar-refractivity contribution in [3.05, 3.63) is 60.2 Å². The van der Waals surface area contributed by atoms with Crippen molar-refractivity contribution in [3.8, 4) is 11.1 Å². The second-order valence-corrected chi connectivity index (χ2v) is 7.17. The SMILES string of the molecule is CC[C@H](C)C[C@@H](Cc1ccc(-c2ccccc2)cc1)NC(=O)CCC(=O)O. The Morgan fingerprint density at radius 2 is 1.59 bits per heavy atom. The zero-order valence-corrected chi connectivity index (χ0v) is 16.2. The smallest absolute Gasteiger partial charge is 0.303 e. The maximum absolute atomic E-state index is 12.1. The predicted octanol–water partition coefficient (Wildman–Crippen LogP) is 4.68. The van der Waals surface area contributed by atoms with Crippen molar-refractivity contribution >= 4 is 11.9 Å². The number of carbonyl (C=O) groups is 2. The first-order valence-corrected chi connectivity index (χ1v) is 9.63. The van der Waals surface area contributed by atoms with Crippen LogP contribution in [0.15, 0.2) is 54.6 Å². The van der Waals surface area contributed by atoms with Gasteiger partial charge in [0.1, 0.15) is 0 Å². The maximum Gasteiger partial charge on any atom is 0.303 e. The third kappa shape index (κ3) is 7.26. The lowest BCUT2D eigenvalue weighted by Gasteiger charge is -2.22. The lowest BCUT2D eigenvalue weighted by molar-refractivity contribution is -0.138. The second kappa shape index (κ2) is 10.5. The first-order valence-electron chi connectivity index (χ1n) is 9.63. The van der Waals surface area contributed by atoms with E-state index in [0.29, 0.717) is 5.92 Å². The predicted molar refractivity (Wildman–Crippen MR) is 108 cm³/mol. The van der Waals surface area contributed by atoms with E-state index in [-0.39, 0.29) is 24.8 Å². The number of benzene rings is 2. The number of aliphatic carboxylic acids is 1. The molecule has 144 valence electrons. The van der Waals surface area contributed by atoms with E-state index in [1.165, 1.54) is 16.7 Å². The number of hydrogen-bond donors (Lipinski definition) is 2. The molecule has 2 atom stereocenters. The van der Waals surface area contributed by atoms with Gasteiger partial charge in [0.05, 0.1) is 6.42 Å². The Balaban J connectivity index is 2.02. The molecule has 4 nitrogen and oxygen atoms in total. The molecule has 27 heavy (non-hydrogen) atoms. The van der Waals surface area contributed by atoms with E-state index in [1.807, 2.05) is 18.2 Å². The summed E-state index contributed by atoms with van der Waals surface area (Å²) in [5.74, 6) is -0.634. The monoisotopic (exact) mass is 367 g/mol. The topological polar surface area (TPSA) is 66.4 Å². The fraction of sp³-hybridized carbons (Fsp3) is 0.391. The van der Waals surface area contributed by atoms with Crippen LogP contribution in [0.1, 0.15) is 45.1 Å². The molecule has 4 heteroatoms. The molecular formula is C23H29NO3. The Bertz CT molecular complexity index is 725. The van der Waals surface area contributed by atoms with Crippen LogP contribution in [-0.2, 0) is 16.0 Å². The highest BCUT2D eigenvalue weighted by Crippen LogP contribution is 2.21. The van der Waals surface area contributed by atoms with Crippen LogP contribution in [0.25, 0.3) is 11.1 Å². The van der Waals surface area contributed by atoms with Gasteiger partial charge in [-0.1, -0.05) is 74.9 Å². The van der Waals surface area contributed by atoms with E-state index in [2.05, 4.69) is 55.6 Å². The summed E-state index contributed by atoms with van der Waals surface area (Å²) in [6, 6.07) is 18.7. The number of carbonyl (C=O) groups excluding carboxylic acids is 1. The highest BCUT2D eigenvalue weighted by Gasteiger charge is 2.16. The average Bonchev–Trinajstić information content (AvgIpc) is 2.67. The Labute approximate surface area is 161 Å². The van der Waals surface area contributed by atoms with Gasteiger partial charge in [0.2, 0.25) is 5.91 Å². The minimum absolute atomic E-state index is 0.0174. The zero-order valence-electron chi connectivity index (χ0n) is 16.2. The van der Waals surface area contributed by atoms with Crippen LogP contribution < -0.4 is 5.32 Å². The van der Waals surface area contributed by atoms with Crippen LogP contribution in [0.3, 0.4) is 0 Å². The Hall–Kier alpha value is -2.62. The molecule has 0 aliphatic carbocycles. The van der Waals surface area contributed by atoms with Gasteiger partial charge in [0, 0.05) is 12.5 Å². The molecule has 2 rings (SSSR count). The van der Waals surface area contributed by atoms with Crippen LogP contribution >= 0.6 is 0 Å². The largest absolute Gasteiger partial charge is 0.481 e. The van der Waals surface area contributed by atoms with Gasteiger partial charge in [-0.25, -0.2) is 0 Å². The molecule has 0 heterocycles. The van der Waals surface area contributed by atoms with E-state index in [9.17, 15) is 9.59 Å². The minimum atomic E-state index is -0.944. The van der Waals surface area contributed by atoms with Gasteiger partial charge in [-0.2, -0.15) is 0 Å². The molecule has 0 aliphatic heterocycles. The average molecular weight is 367 g/mol. The highest BCUT2D eigenvalue weighted by molar-refractivity contribution is 5.80. The van der Waals surface area contributed by atoms with Crippen molar-refractivity contribution in [2.24, 2.45) is 5.92 Å². The van der Waals surface area contributed by atoms with Crippen molar-refractivity contribution in [1.29, 1.82) is 0 Å². The van der Waals surface area contributed by atoms with Gasteiger partial charge < -0.3 is 10.4 Å². The molecule has 2 aromatic carbocycles. The van der Waals surface area contributed by atoms with Crippen LogP contribution in [0.4, 0.5) is 0 Å². The lowest BCUT2D eigenvalue weighted by Crippen LogP contribution is -2.37. The lowest BCUT2D eigenvalue weighted by atomic mass is 9.93. The molecule has 0 unspecified atom stereocenters. The number of rotatable bonds is 10. The van der Waals surface area contributed by atoms with Crippen molar-refractivity contribution in [1.82, 2.24) is 5.32 Å². The molecule has 2 N–H and O–H groups in total. The second-order valence-electron chi connectivity index (χ2n) is 7.17. The van der Waals surface area contributed by atoms with Crippen molar-refractivity contribution < 1.29 is 14.7 Å². The van der Waals surface area contributed by atoms with Gasteiger partial charge in [0.25, 0.3) is 0 Å². The summed E-state index contributed by atoms with van der Waals surface area (Å²) >= 11 is 0. The number of nitrogens with one attached hydrogen (secondary N) is 1. The van der Waals surface area contributed by atoms with Crippen LogP contribution in [0.5, 0.6) is 0 Å². The van der Waals surface area contributed by atoms with Gasteiger partial charge in [-0.05, 0) is 35.4 Å². The summed E-state index contributed by atoms with van der Waals surface area (Å²) in [6.45, 7) is 4.32. The molecule has 0 aliphatic rings. The normalized spacial score (nSPS) is 13.0. The minimum Gasteiger partial charge on any atom is -0.481 e. The molecule has 0 saturated heterocycles. The molecule has 1 amide bonds. The zero-order chi connectivity index (χ0) is 19.6. The first kappa shape index (κ1) is 20.7. The molecular weight excluding hydrogens is 338 g/mol. The van der Waals surface area contributed by atoms with Gasteiger partial charge >= 0.3 is 5.97 Å². The van der Waals surface area contributed by atoms with E-state index in [1.54, 1.807) is 0 Å². The van der Waals surface area contributed by atoms with Gasteiger partial charge in [0.15, 0.2) is 0 Å². The molecule has 0 bridgehead atoms. The van der Waals surface area contributed by atoms with Gasteiger partial charge in [-0.3, -0.25) is 9.59 Å². The Morgan fingerprint density at radius 3 is 2.19 bits per heavy atom. The highest BCUT2D eigenvalue weighted by atomic mass is 16.4. The molecule has 0 spiro atoms. The maximum atomic E-state index is 12.1. The van der Waals surface area contributed by atoms with Crippen molar-refractivity contribution in [2.75, 3.05) is 0 Å². The fourth-order valence-electron chi connectivity index (χ4n) is 3.11. The third-order valence-electron chi connectivity index (χ3n) is 4.86. The summed E-state index contributed by atoms with van der Waals surface area (Å²) in [7, 11) is 0. The summed E-state index contributed by atoms with van der Waals surface area (Å²) in [5, 5.41) is 11.8. The molecule has 0 radical (unpaired) electrons. The molecule has 0 saturated carbocycles. The summed E-state index contributed by atoms with van der Waals surface area (Å²) < 4.78 is 0.